The molecule has 1 atom stereocenters. The summed E-state index contributed by atoms with van der Waals surface area (Å²) < 4.78 is 5.62. The number of unbranched alkanes of at least 4 members (excludes halogenated alkanes) is 2. The van der Waals surface area contributed by atoms with Crippen LogP contribution < -0.4 is 10.6 Å². The fourth-order valence-corrected chi connectivity index (χ4v) is 4.32. The fourth-order valence-electron chi connectivity index (χ4n) is 4.32. The molecule has 182 valence electrons. The second kappa shape index (κ2) is 12.2. The predicted octanol–water partition coefficient (Wildman–Crippen LogP) is 4.70. The lowest BCUT2D eigenvalue weighted by Gasteiger charge is -2.22. The van der Waals surface area contributed by atoms with Crippen molar-refractivity contribution in [3.05, 3.63) is 59.7 Å². The van der Waals surface area contributed by atoms with Crippen LogP contribution in [-0.2, 0) is 14.3 Å². The van der Waals surface area contributed by atoms with E-state index in [1.165, 1.54) is 11.1 Å². The maximum Gasteiger partial charge on any atom is 0.407 e. The molecule has 3 rings (SSSR count). The third kappa shape index (κ3) is 6.83. The number of amides is 2. The number of carbonyl (C=O) groups excluding carboxylic acids is 2. The highest BCUT2D eigenvalue weighted by molar-refractivity contribution is 5.79. The van der Waals surface area contributed by atoms with Gasteiger partial charge in [0.1, 0.15) is 6.61 Å². The molecule has 2 amide bonds. The molecular weight excluding hydrogens is 432 g/mol. The van der Waals surface area contributed by atoms with Crippen LogP contribution in [0.1, 0.15) is 63.0 Å². The Bertz CT molecular complexity index is 959. The molecule has 0 heterocycles. The number of rotatable bonds is 12. The van der Waals surface area contributed by atoms with E-state index in [2.05, 4.69) is 34.9 Å². The SMILES string of the molecule is CC(C)C(CC(=O)NCCCCCC(=O)O)NC(=O)OCC1c2ccccc2-c2ccccc21. The predicted molar refractivity (Wildman–Crippen MR) is 131 cm³/mol. The Balaban J connectivity index is 1.47. The van der Waals surface area contributed by atoms with Crippen LogP contribution in [0.2, 0.25) is 0 Å². The lowest BCUT2D eigenvalue weighted by molar-refractivity contribution is -0.137. The van der Waals surface area contributed by atoms with Crippen LogP contribution in [0.25, 0.3) is 11.1 Å². The van der Waals surface area contributed by atoms with Crippen molar-refractivity contribution in [2.75, 3.05) is 13.2 Å². The van der Waals surface area contributed by atoms with Gasteiger partial charge in [-0.2, -0.15) is 0 Å². The Morgan fingerprint density at radius 1 is 0.941 bits per heavy atom. The number of aliphatic carboxylic acids is 1. The van der Waals surface area contributed by atoms with E-state index >= 15 is 0 Å². The van der Waals surface area contributed by atoms with E-state index in [0.717, 1.165) is 24.0 Å². The first-order valence-electron chi connectivity index (χ1n) is 12.0. The normalized spacial score (nSPS) is 13.1. The van der Waals surface area contributed by atoms with Crippen molar-refractivity contribution in [1.82, 2.24) is 10.6 Å². The molecule has 1 aliphatic rings. The Kier molecular flexibility index (Phi) is 9.08. The van der Waals surface area contributed by atoms with Crippen molar-refractivity contribution < 1.29 is 24.2 Å². The van der Waals surface area contributed by atoms with Gasteiger partial charge in [-0.1, -0.05) is 68.8 Å². The van der Waals surface area contributed by atoms with Gasteiger partial charge in [-0.3, -0.25) is 9.59 Å². The first-order chi connectivity index (χ1) is 16.4. The lowest BCUT2D eigenvalue weighted by Crippen LogP contribution is -2.43. The monoisotopic (exact) mass is 466 g/mol. The summed E-state index contributed by atoms with van der Waals surface area (Å²) in [5.41, 5.74) is 4.65. The van der Waals surface area contributed by atoms with Crippen molar-refractivity contribution in [3.63, 3.8) is 0 Å². The highest BCUT2D eigenvalue weighted by Gasteiger charge is 2.29. The molecule has 34 heavy (non-hydrogen) atoms. The minimum atomic E-state index is -0.803. The summed E-state index contributed by atoms with van der Waals surface area (Å²) in [4.78, 5) is 35.4. The average Bonchev–Trinajstić information content (AvgIpc) is 3.13. The number of nitrogens with one attached hydrogen (secondary N) is 2. The van der Waals surface area contributed by atoms with Crippen LogP contribution >= 0.6 is 0 Å². The number of carbonyl (C=O) groups is 3. The van der Waals surface area contributed by atoms with E-state index in [4.69, 9.17) is 9.84 Å². The maximum atomic E-state index is 12.6. The summed E-state index contributed by atoms with van der Waals surface area (Å²) in [5, 5.41) is 14.4. The summed E-state index contributed by atoms with van der Waals surface area (Å²) >= 11 is 0. The average molecular weight is 467 g/mol. The van der Waals surface area contributed by atoms with Crippen molar-refractivity contribution in [1.29, 1.82) is 0 Å². The summed E-state index contributed by atoms with van der Waals surface area (Å²) in [6, 6.07) is 16.0. The minimum Gasteiger partial charge on any atom is -0.481 e. The Morgan fingerprint density at radius 3 is 2.15 bits per heavy atom. The zero-order valence-corrected chi connectivity index (χ0v) is 19.9. The van der Waals surface area contributed by atoms with Gasteiger partial charge in [-0.05, 0) is 41.0 Å². The lowest BCUT2D eigenvalue weighted by atomic mass is 9.98. The van der Waals surface area contributed by atoms with Gasteiger partial charge in [0, 0.05) is 31.3 Å². The zero-order valence-electron chi connectivity index (χ0n) is 19.9. The second-order valence-electron chi connectivity index (χ2n) is 9.08. The quantitative estimate of drug-likeness (QED) is 0.393. The number of ether oxygens (including phenoxy) is 1. The molecule has 1 aliphatic carbocycles. The van der Waals surface area contributed by atoms with E-state index in [0.29, 0.717) is 13.0 Å². The molecule has 0 spiro atoms. The van der Waals surface area contributed by atoms with Gasteiger partial charge in [-0.25, -0.2) is 4.79 Å². The molecule has 0 fully saturated rings. The molecule has 0 aromatic heterocycles. The summed E-state index contributed by atoms with van der Waals surface area (Å²) in [6.07, 6.45) is 1.86. The molecule has 0 aliphatic heterocycles. The fraction of sp³-hybridized carbons (Fsp3) is 0.444. The molecule has 7 heteroatoms. The van der Waals surface area contributed by atoms with Crippen LogP contribution in [-0.4, -0.2) is 42.3 Å². The first-order valence-corrected chi connectivity index (χ1v) is 12.0. The van der Waals surface area contributed by atoms with E-state index < -0.39 is 12.1 Å². The number of hydrogen-bond acceptors (Lipinski definition) is 4. The van der Waals surface area contributed by atoms with Gasteiger partial charge in [-0.15, -0.1) is 0 Å². The van der Waals surface area contributed by atoms with Gasteiger partial charge in [0.05, 0.1) is 0 Å². The molecule has 0 saturated carbocycles. The van der Waals surface area contributed by atoms with E-state index in [1.807, 2.05) is 38.1 Å². The third-order valence-corrected chi connectivity index (χ3v) is 6.25. The molecule has 0 saturated heterocycles. The Labute approximate surface area is 200 Å². The molecule has 2 aromatic rings. The van der Waals surface area contributed by atoms with E-state index in [9.17, 15) is 14.4 Å². The van der Waals surface area contributed by atoms with E-state index in [1.54, 1.807) is 0 Å². The van der Waals surface area contributed by atoms with Gasteiger partial charge in [0.25, 0.3) is 0 Å². The molecule has 2 aromatic carbocycles. The zero-order chi connectivity index (χ0) is 24.5. The third-order valence-electron chi connectivity index (χ3n) is 6.25. The van der Waals surface area contributed by atoms with Crippen molar-refractivity contribution in [3.8, 4) is 11.1 Å². The molecule has 0 radical (unpaired) electrons. The minimum absolute atomic E-state index is 0.0138. The molecular formula is C27H34N2O5. The Morgan fingerprint density at radius 2 is 1.56 bits per heavy atom. The number of hydrogen-bond donors (Lipinski definition) is 3. The topological polar surface area (TPSA) is 105 Å². The van der Waals surface area contributed by atoms with Gasteiger partial charge < -0.3 is 20.5 Å². The number of carboxylic acids is 1. The van der Waals surface area contributed by atoms with E-state index in [-0.39, 0.29) is 43.2 Å². The van der Waals surface area contributed by atoms with Crippen molar-refractivity contribution in [2.45, 2.75) is 57.9 Å². The second-order valence-corrected chi connectivity index (χ2v) is 9.08. The van der Waals surface area contributed by atoms with Gasteiger partial charge in [0.15, 0.2) is 0 Å². The van der Waals surface area contributed by atoms with Crippen LogP contribution in [0, 0.1) is 5.92 Å². The highest BCUT2D eigenvalue weighted by atomic mass is 16.5. The molecule has 1 unspecified atom stereocenters. The van der Waals surface area contributed by atoms with Gasteiger partial charge in [0.2, 0.25) is 5.91 Å². The molecule has 3 N–H and O–H groups in total. The molecule has 7 nitrogen and oxygen atoms in total. The standard InChI is InChI=1S/C27H34N2O5/c1-18(2)24(16-25(30)28-15-9-3-4-14-26(31)32)29-27(33)34-17-23-21-12-7-5-10-19(21)20-11-6-8-13-22(20)23/h5-8,10-13,18,23-24H,3-4,9,14-17H2,1-2H3,(H,28,30)(H,29,33)(H,31,32). The van der Waals surface area contributed by atoms with Crippen LogP contribution in [0.3, 0.4) is 0 Å². The smallest absolute Gasteiger partial charge is 0.407 e. The first kappa shape index (κ1) is 25.3. The van der Waals surface area contributed by atoms with Crippen LogP contribution in [0.5, 0.6) is 0 Å². The van der Waals surface area contributed by atoms with Crippen molar-refractivity contribution in [2.24, 2.45) is 5.92 Å². The summed E-state index contributed by atoms with van der Waals surface area (Å²) in [7, 11) is 0. The molecule has 0 bridgehead atoms. The maximum absolute atomic E-state index is 12.6. The summed E-state index contributed by atoms with van der Waals surface area (Å²) in [5.74, 6) is -0.902. The number of benzene rings is 2. The van der Waals surface area contributed by atoms with Crippen molar-refractivity contribution >= 4 is 18.0 Å². The Hall–Kier alpha value is -3.35. The van der Waals surface area contributed by atoms with Crippen LogP contribution in [0.4, 0.5) is 4.79 Å². The van der Waals surface area contributed by atoms with Gasteiger partial charge >= 0.3 is 12.1 Å². The number of alkyl carbamates (subject to hydrolysis) is 1. The number of carboxylic acid groups (broad SMARTS) is 1. The highest BCUT2D eigenvalue weighted by Crippen LogP contribution is 2.44. The summed E-state index contributed by atoms with van der Waals surface area (Å²) in [6.45, 7) is 4.63. The van der Waals surface area contributed by atoms with Crippen LogP contribution in [0.15, 0.2) is 48.5 Å². The number of fused-ring (bicyclic) bond motifs is 3. The largest absolute Gasteiger partial charge is 0.481 e.